The lowest BCUT2D eigenvalue weighted by atomic mass is 9.49. The Morgan fingerprint density at radius 3 is 1.09 bits per heavy atom. The summed E-state index contributed by atoms with van der Waals surface area (Å²) in [6, 6.07) is 0. The van der Waals surface area contributed by atoms with Crippen molar-refractivity contribution in [3.63, 3.8) is 0 Å². The van der Waals surface area contributed by atoms with E-state index in [9.17, 15) is 9.59 Å². The highest BCUT2D eigenvalue weighted by atomic mass is 32.2. The molecule has 2 amide bonds. The van der Waals surface area contributed by atoms with Crippen LogP contribution in [0.25, 0.3) is 0 Å². The van der Waals surface area contributed by atoms with Crippen molar-refractivity contribution in [3.05, 3.63) is 0 Å². The zero-order valence-electron chi connectivity index (χ0n) is 19.2. The molecule has 2 unspecified atom stereocenters. The highest BCUT2D eigenvalue weighted by Crippen LogP contribution is 2.61. The van der Waals surface area contributed by atoms with Crippen LogP contribution in [0.3, 0.4) is 0 Å². The van der Waals surface area contributed by atoms with Crippen molar-refractivity contribution in [3.8, 4) is 0 Å². The molecule has 8 bridgehead atoms. The summed E-state index contributed by atoms with van der Waals surface area (Å²) in [5, 5.41) is 7.03. The van der Waals surface area contributed by atoms with Gasteiger partial charge in [0, 0.05) is 22.3 Å². The van der Waals surface area contributed by atoms with Gasteiger partial charge in [-0.1, -0.05) is 0 Å². The summed E-state index contributed by atoms with van der Waals surface area (Å²) in [4.78, 5) is 27.3. The summed E-state index contributed by atoms with van der Waals surface area (Å²) in [5.41, 5.74) is -0.210. The molecule has 9 rings (SSSR count). The lowest BCUT2D eigenvalue weighted by Crippen LogP contribution is -2.60. The molecule has 176 valence electrons. The van der Waals surface area contributed by atoms with Gasteiger partial charge in [-0.3, -0.25) is 9.59 Å². The molecule has 9 aliphatic rings. The average Bonchev–Trinajstić information content (AvgIpc) is 2.73. The predicted octanol–water partition coefficient (Wildman–Crippen LogP) is 4.78. The topological polar surface area (TPSA) is 58.2 Å². The van der Waals surface area contributed by atoms with Gasteiger partial charge in [0.25, 0.3) is 0 Å². The third kappa shape index (κ3) is 3.39. The van der Waals surface area contributed by atoms with Crippen molar-refractivity contribution in [1.29, 1.82) is 0 Å². The minimum absolute atomic E-state index is 0.0205. The first-order valence-corrected chi connectivity index (χ1v) is 15.4. The minimum Gasteiger partial charge on any atom is -0.341 e. The number of carbonyl (C=O) groups is 2. The second-order valence-electron chi connectivity index (χ2n) is 12.9. The van der Waals surface area contributed by atoms with E-state index in [-0.39, 0.29) is 21.6 Å². The van der Waals surface area contributed by atoms with Crippen LogP contribution < -0.4 is 10.6 Å². The standard InChI is InChI=1S/C26H38N2O2S2/c29-23(25-9-15-3-16(10-25)5-17(4-15)11-25)27-21-22(32-2-1-31-21)28-24(30)26-12-18-6-19(13-26)8-20(7-18)14-26/h15-22H,1-14H2,(H,27,29)(H,28,30). The van der Waals surface area contributed by atoms with E-state index in [4.69, 9.17) is 0 Å². The molecule has 8 saturated carbocycles. The molecule has 0 spiro atoms. The Kier molecular flexibility index (Phi) is 4.96. The minimum atomic E-state index is -0.105. The van der Waals surface area contributed by atoms with E-state index in [0.29, 0.717) is 11.8 Å². The number of amides is 2. The Bertz CT molecular complexity index is 677. The van der Waals surface area contributed by atoms with Gasteiger partial charge in [0.2, 0.25) is 11.8 Å². The molecule has 4 nitrogen and oxygen atoms in total. The molecule has 0 aromatic rings. The van der Waals surface area contributed by atoms with Crippen LogP contribution in [0, 0.1) is 46.3 Å². The fourth-order valence-electron chi connectivity index (χ4n) is 10.1. The second-order valence-corrected chi connectivity index (χ2v) is 15.4. The van der Waals surface area contributed by atoms with Gasteiger partial charge >= 0.3 is 0 Å². The van der Waals surface area contributed by atoms with Crippen LogP contribution in [-0.4, -0.2) is 34.1 Å². The lowest BCUT2D eigenvalue weighted by molar-refractivity contribution is -0.148. The normalized spacial score (nSPS) is 52.8. The summed E-state index contributed by atoms with van der Waals surface area (Å²) in [6.07, 6.45) is 14.9. The van der Waals surface area contributed by atoms with E-state index in [0.717, 1.165) is 85.5 Å². The van der Waals surface area contributed by atoms with E-state index in [1.54, 1.807) is 0 Å². The van der Waals surface area contributed by atoms with Gasteiger partial charge in [-0.25, -0.2) is 0 Å². The first kappa shape index (κ1) is 21.0. The summed E-state index contributed by atoms with van der Waals surface area (Å²) >= 11 is 3.71. The van der Waals surface area contributed by atoms with Crippen LogP contribution in [-0.2, 0) is 9.59 Å². The summed E-state index contributed by atoms with van der Waals surface area (Å²) in [6.45, 7) is 0. The van der Waals surface area contributed by atoms with E-state index in [1.807, 2.05) is 23.5 Å². The molecule has 2 N–H and O–H groups in total. The van der Waals surface area contributed by atoms with Gasteiger partial charge in [0.05, 0.1) is 0 Å². The van der Waals surface area contributed by atoms with Crippen molar-refractivity contribution in [2.24, 2.45) is 46.3 Å². The maximum atomic E-state index is 13.7. The monoisotopic (exact) mass is 474 g/mol. The number of nitrogens with one attached hydrogen (secondary N) is 2. The van der Waals surface area contributed by atoms with Crippen LogP contribution in [0.5, 0.6) is 0 Å². The Balaban J connectivity index is 1.05. The van der Waals surface area contributed by atoms with E-state index in [2.05, 4.69) is 10.6 Å². The van der Waals surface area contributed by atoms with Gasteiger partial charge < -0.3 is 10.6 Å². The number of carbonyl (C=O) groups excluding carboxylic acids is 2. The molecule has 0 radical (unpaired) electrons. The maximum absolute atomic E-state index is 13.7. The third-order valence-electron chi connectivity index (χ3n) is 10.5. The van der Waals surface area contributed by atoms with Crippen LogP contribution in [0.2, 0.25) is 0 Å². The molecule has 9 fully saturated rings. The molecule has 0 aromatic heterocycles. The highest BCUT2D eigenvalue weighted by Gasteiger charge is 2.56. The number of thioether (sulfide) groups is 2. The van der Waals surface area contributed by atoms with E-state index in [1.165, 1.54) is 38.5 Å². The molecule has 32 heavy (non-hydrogen) atoms. The fraction of sp³-hybridized carbons (Fsp3) is 0.923. The summed E-state index contributed by atoms with van der Waals surface area (Å²) in [5.74, 6) is 7.44. The van der Waals surface area contributed by atoms with Crippen molar-refractivity contribution in [1.82, 2.24) is 10.6 Å². The molecule has 6 heteroatoms. The fourth-order valence-corrected chi connectivity index (χ4v) is 12.7. The molecule has 8 aliphatic carbocycles. The molecule has 0 aromatic carbocycles. The second kappa shape index (κ2) is 7.57. The predicted molar refractivity (Wildman–Crippen MR) is 130 cm³/mol. The summed E-state index contributed by atoms with van der Waals surface area (Å²) in [7, 11) is 0. The third-order valence-corrected chi connectivity index (χ3v) is 13.3. The van der Waals surface area contributed by atoms with Gasteiger partial charge in [0.15, 0.2) is 0 Å². The van der Waals surface area contributed by atoms with Gasteiger partial charge in [0.1, 0.15) is 10.7 Å². The molecular formula is C26H38N2O2S2. The first-order valence-electron chi connectivity index (χ1n) is 13.3. The van der Waals surface area contributed by atoms with Gasteiger partial charge in [-0.15, -0.1) is 23.5 Å². The van der Waals surface area contributed by atoms with Gasteiger partial charge in [-0.2, -0.15) is 0 Å². The molecule has 2 atom stereocenters. The lowest BCUT2D eigenvalue weighted by Gasteiger charge is -2.56. The molecule has 1 saturated heterocycles. The van der Waals surface area contributed by atoms with Crippen LogP contribution in [0.1, 0.15) is 77.0 Å². The molecular weight excluding hydrogens is 436 g/mol. The highest BCUT2D eigenvalue weighted by molar-refractivity contribution is 8.07. The van der Waals surface area contributed by atoms with Crippen LogP contribution in [0.4, 0.5) is 0 Å². The number of hydrogen-bond donors (Lipinski definition) is 2. The van der Waals surface area contributed by atoms with Crippen molar-refractivity contribution in [2.75, 3.05) is 11.5 Å². The average molecular weight is 475 g/mol. The van der Waals surface area contributed by atoms with Crippen LogP contribution in [0.15, 0.2) is 0 Å². The Morgan fingerprint density at radius 2 is 0.812 bits per heavy atom. The molecule has 1 heterocycles. The SMILES string of the molecule is O=C(NC1SCCSC1NC(=O)C12CC3CC(CC(C3)C1)C2)C12CC3CC(CC(C3)C1)C2. The van der Waals surface area contributed by atoms with E-state index < -0.39 is 0 Å². The zero-order valence-corrected chi connectivity index (χ0v) is 20.8. The Morgan fingerprint density at radius 1 is 0.531 bits per heavy atom. The number of rotatable bonds is 4. The Labute approximate surface area is 200 Å². The van der Waals surface area contributed by atoms with Gasteiger partial charge in [-0.05, 0) is 113 Å². The van der Waals surface area contributed by atoms with E-state index >= 15 is 0 Å². The maximum Gasteiger partial charge on any atom is 0.227 e. The smallest absolute Gasteiger partial charge is 0.227 e. The Hall–Kier alpha value is -0.360. The molecule has 1 aliphatic heterocycles. The van der Waals surface area contributed by atoms with Crippen molar-refractivity contribution >= 4 is 35.3 Å². The number of hydrogen-bond acceptors (Lipinski definition) is 4. The first-order chi connectivity index (χ1) is 15.5. The summed E-state index contributed by atoms with van der Waals surface area (Å²) < 4.78 is 0. The largest absolute Gasteiger partial charge is 0.341 e. The zero-order chi connectivity index (χ0) is 21.5. The van der Waals surface area contributed by atoms with Crippen LogP contribution >= 0.6 is 23.5 Å². The quantitative estimate of drug-likeness (QED) is 0.615. The van der Waals surface area contributed by atoms with Crippen molar-refractivity contribution < 1.29 is 9.59 Å². The van der Waals surface area contributed by atoms with Crippen molar-refractivity contribution in [2.45, 2.75) is 87.8 Å².